The van der Waals surface area contributed by atoms with Crippen LogP contribution in [0.1, 0.15) is 45.1 Å². The average molecular weight is 486 g/mol. The summed E-state index contributed by atoms with van der Waals surface area (Å²) in [5, 5.41) is 5.95. The number of urea groups is 1. The van der Waals surface area contributed by atoms with Gasteiger partial charge in [-0.2, -0.15) is 4.98 Å². The highest BCUT2D eigenvalue weighted by Crippen LogP contribution is 2.29. The van der Waals surface area contributed by atoms with Crippen LogP contribution in [0.2, 0.25) is 5.02 Å². The number of amides is 2. The number of ether oxygens (including phenoxy) is 1. The minimum Gasteiger partial charge on any atom is -0.455 e. The summed E-state index contributed by atoms with van der Waals surface area (Å²) in [5.41, 5.74) is 0.627. The first kappa shape index (κ1) is 26.7. The Morgan fingerprint density at radius 1 is 0.971 bits per heavy atom. The molecule has 2 amide bonds. The maximum absolute atomic E-state index is 13.2. The maximum atomic E-state index is 13.2. The molecule has 0 saturated carbocycles. The van der Waals surface area contributed by atoms with E-state index < -0.39 is 17.6 Å². The molecule has 2 aromatic carbocycles. The highest BCUT2D eigenvalue weighted by Gasteiger charge is 2.30. The van der Waals surface area contributed by atoms with E-state index in [0.29, 0.717) is 22.3 Å². The van der Waals surface area contributed by atoms with Crippen LogP contribution < -0.4 is 15.5 Å². The number of rotatable bonds is 5. The molecule has 2 N–H and O–H groups in total. The number of nitrogens with one attached hydrogen (secondary N) is 2. The van der Waals surface area contributed by atoms with Crippen molar-refractivity contribution in [1.82, 2.24) is 9.55 Å². The third kappa shape index (κ3) is 6.99. The van der Waals surface area contributed by atoms with Crippen LogP contribution in [0.25, 0.3) is 5.69 Å². The predicted octanol–water partition coefficient (Wildman–Crippen LogP) is 6.22. The van der Waals surface area contributed by atoms with Crippen molar-refractivity contribution in [3.05, 3.63) is 65.3 Å². The van der Waals surface area contributed by atoms with Gasteiger partial charge in [-0.15, -0.1) is 0 Å². The Kier molecular flexibility index (Phi) is 9.09. The van der Waals surface area contributed by atoms with E-state index in [-0.39, 0.29) is 11.5 Å². The van der Waals surface area contributed by atoms with E-state index in [1.807, 2.05) is 44.2 Å². The lowest BCUT2D eigenvalue weighted by atomic mass is 10.2. The summed E-state index contributed by atoms with van der Waals surface area (Å²) in [6.45, 7) is 9.34. The lowest BCUT2D eigenvalue weighted by molar-refractivity contribution is 0.00619. The Morgan fingerprint density at radius 3 is 2.09 bits per heavy atom. The molecule has 0 unspecified atom stereocenters. The summed E-state index contributed by atoms with van der Waals surface area (Å²) in [6.07, 6.45) is 0. The van der Waals surface area contributed by atoms with Gasteiger partial charge in [0, 0.05) is 30.5 Å². The van der Waals surface area contributed by atoms with Crippen molar-refractivity contribution >= 4 is 41.1 Å². The topological polar surface area (TPSA) is 88.5 Å². The fourth-order valence-corrected chi connectivity index (χ4v) is 3.06. The molecule has 0 saturated heterocycles. The number of carbonyl (C=O) groups excluding carboxylic acids is 2. The van der Waals surface area contributed by atoms with Crippen LogP contribution in [-0.4, -0.2) is 41.2 Å². The van der Waals surface area contributed by atoms with E-state index in [1.54, 1.807) is 68.6 Å². The minimum absolute atomic E-state index is 0.0817. The number of anilines is 3. The number of imidazole rings is 1. The number of hydrogen-bond donors (Lipinski definition) is 2. The van der Waals surface area contributed by atoms with E-state index in [1.165, 1.54) is 0 Å². The van der Waals surface area contributed by atoms with Gasteiger partial charge in [-0.25, -0.2) is 9.59 Å². The third-order valence-corrected chi connectivity index (χ3v) is 4.45. The summed E-state index contributed by atoms with van der Waals surface area (Å²) in [4.78, 5) is 32.2. The molecule has 3 aromatic rings. The first-order valence-electron chi connectivity index (χ1n) is 11.0. The van der Waals surface area contributed by atoms with E-state index in [2.05, 4.69) is 15.6 Å². The number of nitrogens with zero attached hydrogens (tertiary/aromatic N) is 3. The van der Waals surface area contributed by atoms with Crippen LogP contribution in [0.15, 0.2) is 54.6 Å². The average Bonchev–Trinajstić information content (AvgIpc) is 3.15. The first-order chi connectivity index (χ1) is 16.0. The largest absolute Gasteiger partial charge is 0.455 e. The number of hydrogen-bond acceptors (Lipinski definition) is 5. The molecule has 0 aliphatic rings. The van der Waals surface area contributed by atoms with E-state index in [9.17, 15) is 9.59 Å². The molecule has 34 heavy (non-hydrogen) atoms. The molecule has 1 aromatic heterocycles. The van der Waals surface area contributed by atoms with Gasteiger partial charge in [0.15, 0.2) is 11.5 Å². The zero-order chi connectivity index (χ0) is 25.5. The van der Waals surface area contributed by atoms with Gasteiger partial charge in [-0.05, 0) is 57.2 Å². The number of halogens is 1. The molecule has 182 valence electrons. The lowest BCUT2D eigenvalue weighted by Crippen LogP contribution is -2.27. The summed E-state index contributed by atoms with van der Waals surface area (Å²) < 4.78 is 7.29. The molecule has 0 fully saturated rings. The highest BCUT2D eigenvalue weighted by molar-refractivity contribution is 6.30. The van der Waals surface area contributed by atoms with Crippen LogP contribution in [0.5, 0.6) is 0 Å². The third-order valence-electron chi connectivity index (χ3n) is 4.20. The molecule has 0 radical (unpaired) electrons. The van der Waals surface area contributed by atoms with Gasteiger partial charge in [0.05, 0.1) is 0 Å². The molecular formula is C25H32ClN5O3. The molecule has 0 spiro atoms. The Labute approximate surface area is 205 Å². The van der Waals surface area contributed by atoms with Crippen molar-refractivity contribution in [1.29, 1.82) is 0 Å². The van der Waals surface area contributed by atoms with Crippen molar-refractivity contribution in [2.75, 3.05) is 29.6 Å². The normalized spacial score (nSPS) is 10.6. The molecule has 3 rings (SSSR count). The van der Waals surface area contributed by atoms with Crippen LogP contribution >= 0.6 is 11.6 Å². The summed E-state index contributed by atoms with van der Waals surface area (Å²) in [6, 6.07) is 15.4. The number of carbonyl (C=O) groups is 2. The Morgan fingerprint density at radius 2 is 1.56 bits per heavy atom. The molecule has 0 aliphatic carbocycles. The zero-order valence-electron chi connectivity index (χ0n) is 20.6. The van der Waals surface area contributed by atoms with Gasteiger partial charge < -0.3 is 15.0 Å². The highest BCUT2D eigenvalue weighted by atomic mass is 35.5. The molecule has 0 atom stereocenters. The van der Waals surface area contributed by atoms with Crippen LogP contribution in [0.4, 0.5) is 22.2 Å². The Balaban J connectivity index is 0.00000199. The van der Waals surface area contributed by atoms with Gasteiger partial charge >= 0.3 is 12.0 Å². The monoisotopic (exact) mass is 485 g/mol. The van der Waals surface area contributed by atoms with Gasteiger partial charge in [-0.1, -0.05) is 43.6 Å². The fraction of sp³-hybridized carbons (Fsp3) is 0.320. The van der Waals surface area contributed by atoms with E-state index in [4.69, 9.17) is 16.3 Å². The van der Waals surface area contributed by atoms with Gasteiger partial charge in [0.1, 0.15) is 5.60 Å². The molecular weight excluding hydrogens is 454 g/mol. The predicted molar refractivity (Wildman–Crippen MR) is 139 cm³/mol. The van der Waals surface area contributed by atoms with Gasteiger partial charge in [0.25, 0.3) is 0 Å². The first-order valence-corrected chi connectivity index (χ1v) is 11.4. The second kappa shape index (κ2) is 11.6. The van der Waals surface area contributed by atoms with Gasteiger partial charge in [-0.3, -0.25) is 9.88 Å². The molecule has 0 bridgehead atoms. The smallest absolute Gasteiger partial charge is 0.359 e. The number of benzene rings is 2. The maximum Gasteiger partial charge on any atom is 0.359 e. The van der Waals surface area contributed by atoms with Crippen molar-refractivity contribution in [3.63, 3.8) is 0 Å². The SMILES string of the molecule is CC.CN(C)c1nc(NC(=O)Nc2ccc(Cl)cc2)c(C(=O)OC(C)(C)C)n1-c1ccccc1. The number of aromatic nitrogens is 2. The quantitative estimate of drug-likeness (QED) is 0.419. The van der Waals surface area contributed by atoms with Crippen LogP contribution in [0, 0.1) is 0 Å². The Bertz CT molecular complexity index is 1100. The minimum atomic E-state index is -0.732. The lowest BCUT2D eigenvalue weighted by Gasteiger charge is -2.21. The Hall–Kier alpha value is -3.52. The summed E-state index contributed by atoms with van der Waals surface area (Å²) in [7, 11) is 3.61. The van der Waals surface area contributed by atoms with Crippen molar-refractivity contribution in [2.45, 2.75) is 40.2 Å². The summed E-state index contributed by atoms with van der Waals surface area (Å²) >= 11 is 5.90. The number of para-hydroxylation sites is 1. The van der Waals surface area contributed by atoms with Gasteiger partial charge in [0.2, 0.25) is 5.95 Å². The fourth-order valence-electron chi connectivity index (χ4n) is 2.94. The van der Waals surface area contributed by atoms with E-state index in [0.717, 1.165) is 0 Å². The summed E-state index contributed by atoms with van der Waals surface area (Å²) in [5.74, 6) is -0.0686. The van der Waals surface area contributed by atoms with Crippen LogP contribution in [0.3, 0.4) is 0 Å². The van der Waals surface area contributed by atoms with E-state index >= 15 is 0 Å². The van der Waals surface area contributed by atoms with Crippen molar-refractivity contribution in [3.8, 4) is 5.69 Å². The molecule has 1 heterocycles. The molecule has 0 aliphatic heterocycles. The second-order valence-corrected chi connectivity index (χ2v) is 8.70. The van der Waals surface area contributed by atoms with Crippen molar-refractivity contribution < 1.29 is 14.3 Å². The van der Waals surface area contributed by atoms with Crippen molar-refractivity contribution in [2.24, 2.45) is 0 Å². The zero-order valence-corrected chi connectivity index (χ0v) is 21.4. The van der Waals surface area contributed by atoms with Crippen LogP contribution in [-0.2, 0) is 4.74 Å². The number of esters is 1. The standard InChI is InChI=1S/C23H26ClN5O3.C2H6/c1-23(2,3)32-20(30)18-19(26-21(31)25-16-13-11-15(24)12-14-16)27-22(28(4)5)29(18)17-9-7-6-8-10-17;1-2/h6-14H,1-5H3,(H2,25,26,31);1-2H3. The second-order valence-electron chi connectivity index (χ2n) is 8.26. The molecule has 8 nitrogen and oxygen atoms in total. The molecule has 9 heteroatoms.